The molecule has 4 nitrogen and oxygen atoms in total. The van der Waals surface area contributed by atoms with Gasteiger partial charge in [-0.05, 0) is 83.4 Å². The Morgan fingerprint density at radius 1 is 1.10 bits per heavy atom. The number of allylic oxidation sites excluding steroid dienone is 2. The summed E-state index contributed by atoms with van der Waals surface area (Å²) in [5, 5.41) is 0. The van der Waals surface area contributed by atoms with E-state index in [1.54, 1.807) is 0 Å². The van der Waals surface area contributed by atoms with Gasteiger partial charge in [0.2, 0.25) is 0 Å². The van der Waals surface area contributed by atoms with Crippen molar-refractivity contribution in [3.63, 3.8) is 0 Å². The zero-order chi connectivity index (χ0) is 21.3. The van der Waals surface area contributed by atoms with Crippen molar-refractivity contribution in [3.8, 4) is 0 Å². The van der Waals surface area contributed by atoms with Crippen LogP contribution in [-0.4, -0.2) is 25.0 Å². The highest BCUT2D eigenvalue weighted by Gasteiger charge is 2.39. The van der Waals surface area contributed by atoms with Gasteiger partial charge in [-0.1, -0.05) is 17.7 Å². The number of carbonyl (C=O) groups excluding carboxylic acids is 2. The number of Topliss-reactive ketones (excluding diaryl/α,β-unsaturated/α-hetero) is 1. The van der Waals surface area contributed by atoms with E-state index >= 15 is 0 Å². The second-order valence-electron chi connectivity index (χ2n) is 9.77. The predicted octanol–water partition coefficient (Wildman–Crippen LogP) is 5.32. The van der Waals surface area contributed by atoms with Gasteiger partial charge in [-0.3, -0.25) is 9.59 Å². The molecule has 1 saturated heterocycles. The van der Waals surface area contributed by atoms with Crippen LogP contribution in [0.4, 0.5) is 0 Å². The van der Waals surface area contributed by atoms with Crippen molar-refractivity contribution in [2.45, 2.75) is 67.2 Å². The predicted molar refractivity (Wildman–Crippen MR) is 114 cm³/mol. The molecular weight excluding hydrogens is 364 g/mol. The van der Waals surface area contributed by atoms with Crippen LogP contribution in [0.15, 0.2) is 17.9 Å². The molecule has 1 aliphatic carbocycles. The second kappa shape index (κ2) is 8.43. The lowest BCUT2D eigenvalue weighted by Gasteiger charge is -2.24. The summed E-state index contributed by atoms with van der Waals surface area (Å²) in [7, 11) is 0. The number of benzene rings is 1. The lowest BCUT2D eigenvalue weighted by molar-refractivity contribution is -0.148. The van der Waals surface area contributed by atoms with Crippen LogP contribution in [0, 0.1) is 38.0 Å². The first-order valence-corrected chi connectivity index (χ1v) is 10.7. The Kier molecular flexibility index (Phi) is 6.33. The minimum atomic E-state index is -0.614. The van der Waals surface area contributed by atoms with Crippen molar-refractivity contribution >= 4 is 17.3 Å². The number of ketones is 1. The van der Waals surface area contributed by atoms with E-state index in [4.69, 9.17) is 9.47 Å². The van der Waals surface area contributed by atoms with Crippen LogP contribution in [0.3, 0.4) is 0 Å². The van der Waals surface area contributed by atoms with Crippen molar-refractivity contribution in [3.05, 3.63) is 40.1 Å². The highest BCUT2D eigenvalue weighted by molar-refractivity contribution is 6.25. The fourth-order valence-electron chi connectivity index (χ4n) is 4.53. The molecule has 29 heavy (non-hydrogen) atoms. The number of rotatable bonds is 4. The molecule has 4 heteroatoms. The van der Waals surface area contributed by atoms with E-state index in [9.17, 15) is 9.59 Å². The fraction of sp³-hybridized carbons (Fsp3) is 0.600. The van der Waals surface area contributed by atoms with E-state index in [0.717, 1.165) is 49.2 Å². The Hall–Kier alpha value is -1.94. The van der Waals surface area contributed by atoms with E-state index in [1.807, 2.05) is 34.6 Å². The molecule has 0 N–H and O–H groups in total. The first-order chi connectivity index (χ1) is 13.6. The summed E-state index contributed by atoms with van der Waals surface area (Å²) >= 11 is 0. The SMILES string of the molecule is Cc1cc(C)c(C2=C(OC(=O)C(C)(C)C)CC(CC3CCOCC3)C2=O)c(C)c1. The maximum atomic E-state index is 13.5. The van der Waals surface area contributed by atoms with E-state index in [1.165, 1.54) is 5.56 Å². The molecule has 1 aromatic carbocycles. The van der Waals surface area contributed by atoms with Gasteiger partial charge in [0.15, 0.2) is 5.78 Å². The summed E-state index contributed by atoms with van der Waals surface area (Å²) in [6.45, 7) is 13.2. The molecule has 1 fully saturated rings. The zero-order valence-electron chi connectivity index (χ0n) is 18.7. The highest BCUT2D eigenvalue weighted by atomic mass is 16.5. The van der Waals surface area contributed by atoms with Gasteiger partial charge in [0.25, 0.3) is 0 Å². The number of hydrogen-bond acceptors (Lipinski definition) is 4. The monoisotopic (exact) mass is 398 g/mol. The molecule has 1 atom stereocenters. The summed E-state index contributed by atoms with van der Waals surface area (Å²) in [5.74, 6) is 0.782. The average Bonchev–Trinajstić information content (AvgIpc) is 2.90. The summed E-state index contributed by atoms with van der Waals surface area (Å²) in [6.07, 6.45) is 3.35. The largest absolute Gasteiger partial charge is 0.430 e. The van der Waals surface area contributed by atoms with E-state index < -0.39 is 5.41 Å². The van der Waals surface area contributed by atoms with Crippen molar-refractivity contribution in [1.29, 1.82) is 0 Å². The van der Waals surface area contributed by atoms with Gasteiger partial charge in [-0.15, -0.1) is 0 Å². The Morgan fingerprint density at radius 2 is 1.69 bits per heavy atom. The van der Waals surface area contributed by atoms with Gasteiger partial charge >= 0.3 is 5.97 Å². The van der Waals surface area contributed by atoms with Crippen molar-refractivity contribution < 1.29 is 19.1 Å². The van der Waals surface area contributed by atoms with Crippen LogP contribution < -0.4 is 0 Å². The summed E-state index contributed by atoms with van der Waals surface area (Å²) in [6, 6.07) is 4.19. The van der Waals surface area contributed by atoms with Crippen molar-refractivity contribution in [2.75, 3.05) is 13.2 Å². The first-order valence-electron chi connectivity index (χ1n) is 10.7. The normalized spacial score (nSPS) is 21.0. The van der Waals surface area contributed by atoms with Gasteiger partial charge in [-0.2, -0.15) is 0 Å². The molecule has 0 bridgehead atoms. The number of carbonyl (C=O) groups is 2. The third-order valence-corrected chi connectivity index (χ3v) is 6.04. The van der Waals surface area contributed by atoms with Crippen LogP contribution in [0.1, 0.15) is 68.7 Å². The van der Waals surface area contributed by atoms with Crippen molar-refractivity contribution in [1.82, 2.24) is 0 Å². The topological polar surface area (TPSA) is 52.6 Å². The molecule has 1 aliphatic heterocycles. The number of hydrogen-bond donors (Lipinski definition) is 0. The van der Waals surface area contributed by atoms with E-state index in [2.05, 4.69) is 19.1 Å². The van der Waals surface area contributed by atoms with Gasteiger partial charge in [-0.25, -0.2) is 0 Å². The molecule has 0 spiro atoms. The number of esters is 1. The third kappa shape index (κ3) is 4.80. The maximum absolute atomic E-state index is 13.5. The Bertz CT molecular complexity index is 812. The Labute approximate surface area is 174 Å². The van der Waals surface area contributed by atoms with Crippen LogP contribution in [0.25, 0.3) is 5.57 Å². The quantitative estimate of drug-likeness (QED) is 0.644. The minimum absolute atomic E-state index is 0.115. The van der Waals surface area contributed by atoms with Crippen LogP contribution in [0.5, 0.6) is 0 Å². The lowest BCUT2D eigenvalue weighted by Crippen LogP contribution is -2.23. The number of aryl methyl sites for hydroxylation is 3. The molecule has 0 aromatic heterocycles. The second-order valence-corrected chi connectivity index (χ2v) is 9.77. The van der Waals surface area contributed by atoms with E-state index in [-0.39, 0.29) is 17.7 Å². The summed E-state index contributed by atoms with van der Waals surface area (Å²) in [5.41, 5.74) is 4.23. The molecule has 0 amide bonds. The fourth-order valence-corrected chi connectivity index (χ4v) is 4.53. The number of ether oxygens (including phenoxy) is 2. The maximum Gasteiger partial charge on any atom is 0.316 e. The van der Waals surface area contributed by atoms with Gasteiger partial charge in [0.05, 0.1) is 11.0 Å². The molecule has 1 heterocycles. The molecule has 158 valence electrons. The van der Waals surface area contributed by atoms with Gasteiger partial charge in [0, 0.05) is 25.6 Å². The first kappa shape index (κ1) is 21.8. The molecule has 2 aliphatic rings. The molecular formula is C25H34O4. The van der Waals surface area contributed by atoms with Crippen LogP contribution in [-0.2, 0) is 19.1 Å². The Balaban J connectivity index is 1.97. The average molecular weight is 399 g/mol. The molecule has 1 aromatic rings. The Morgan fingerprint density at radius 3 is 2.24 bits per heavy atom. The minimum Gasteiger partial charge on any atom is -0.430 e. The van der Waals surface area contributed by atoms with Gasteiger partial charge < -0.3 is 9.47 Å². The molecule has 1 unspecified atom stereocenters. The molecule has 0 radical (unpaired) electrons. The van der Waals surface area contributed by atoms with E-state index in [0.29, 0.717) is 23.7 Å². The van der Waals surface area contributed by atoms with Gasteiger partial charge in [0.1, 0.15) is 5.76 Å². The van der Waals surface area contributed by atoms with Crippen molar-refractivity contribution in [2.24, 2.45) is 17.3 Å². The molecule has 0 saturated carbocycles. The van der Waals surface area contributed by atoms with Crippen LogP contribution >= 0.6 is 0 Å². The smallest absolute Gasteiger partial charge is 0.316 e. The standard InChI is InChI=1S/C25H34O4/c1-15-11-16(2)21(17(3)12-15)22-20(29-24(27)25(4,5)6)14-19(23(22)26)13-18-7-9-28-10-8-18/h11-12,18-19H,7-10,13-14H2,1-6H3. The zero-order valence-corrected chi connectivity index (χ0v) is 18.7. The summed E-state index contributed by atoms with van der Waals surface area (Å²) in [4.78, 5) is 26.2. The lowest BCUT2D eigenvalue weighted by atomic mass is 9.85. The third-order valence-electron chi connectivity index (χ3n) is 6.04. The molecule has 3 rings (SSSR count). The van der Waals surface area contributed by atoms with Crippen LogP contribution in [0.2, 0.25) is 0 Å². The summed E-state index contributed by atoms with van der Waals surface area (Å²) < 4.78 is 11.3. The highest BCUT2D eigenvalue weighted by Crippen LogP contribution is 2.42.